The Morgan fingerprint density at radius 3 is 2.56 bits per heavy atom. The minimum Gasteiger partial charge on any atom is -0.505 e. The van der Waals surface area contributed by atoms with Crippen LogP contribution in [0.1, 0.15) is 64.9 Å². The molecule has 3 N–H and O–H groups in total. The lowest BCUT2D eigenvalue weighted by Crippen LogP contribution is -2.38. The summed E-state index contributed by atoms with van der Waals surface area (Å²) in [5, 5.41) is 30.8. The molecule has 7 heteroatoms. The number of hydrogen-bond acceptors (Lipinski definition) is 5. The molecular formula is C27H36FNO5. The van der Waals surface area contributed by atoms with Crippen LogP contribution in [0.4, 0.5) is 4.39 Å². The largest absolute Gasteiger partial charge is 0.505 e. The minimum atomic E-state index is -0.849. The Morgan fingerprint density at radius 1 is 1.21 bits per heavy atom. The van der Waals surface area contributed by atoms with Crippen LogP contribution in [0.2, 0.25) is 0 Å². The van der Waals surface area contributed by atoms with Gasteiger partial charge < -0.3 is 15.3 Å². The van der Waals surface area contributed by atoms with Crippen LogP contribution < -0.4 is 0 Å². The van der Waals surface area contributed by atoms with Crippen molar-refractivity contribution >= 4 is 17.9 Å². The Morgan fingerprint density at radius 2 is 1.94 bits per heavy atom. The molecule has 0 spiro atoms. The van der Waals surface area contributed by atoms with Crippen molar-refractivity contribution in [3.63, 3.8) is 0 Å². The van der Waals surface area contributed by atoms with Crippen LogP contribution in [-0.2, 0) is 9.59 Å². The molecule has 2 amide bonds. The van der Waals surface area contributed by atoms with Crippen molar-refractivity contribution < 1.29 is 29.3 Å². The number of imide groups is 1. The zero-order valence-electron chi connectivity index (χ0n) is 20.3. The predicted octanol–water partition coefficient (Wildman–Crippen LogP) is 4.20. The van der Waals surface area contributed by atoms with E-state index in [1.54, 1.807) is 6.07 Å². The summed E-state index contributed by atoms with van der Waals surface area (Å²) >= 11 is 0. The first kappa shape index (κ1) is 26.1. The van der Waals surface area contributed by atoms with Gasteiger partial charge in [0.2, 0.25) is 11.8 Å². The summed E-state index contributed by atoms with van der Waals surface area (Å²) in [5.41, 5.74) is 3.23. The van der Waals surface area contributed by atoms with Gasteiger partial charge in [-0.2, -0.15) is 0 Å². The molecule has 1 aliphatic heterocycles. The molecule has 3 rings (SSSR count). The van der Waals surface area contributed by atoms with E-state index in [4.69, 9.17) is 0 Å². The van der Waals surface area contributed by atoms with Crippen LogP contribution in [0.25, 0.3) is 6.08 Å². The summed E-state index contributed by atoms with van der Waals surface area (Å²) in [6.07, 6.45) is 4.75. The average Bonchev–Trinajstić information content (AvgIpc) is 3.03. The molecule has 6 nitrogen and oxygen atoms in total. The molecule has 1 heterocycles. The Bertz CT molecular complexity index is 985. The summed E-state index contributed by atoms with van der Waals surface area (Å²) < 4.78 is 13.7. The summed E-state index contributed by atoms with van der Waals surface area (Å²) in [6.45, 7) is 5.91. The number of allylic oxidation sites excluding steroid dienone is 2. The van der Waals surface area contributed by atoms with E-state index in [1.165, 1.54) is 17.0 Å². The van der Waals surface area contributed by atoms with Gasteiger partial charge in [-0.05, 0) is 62.3 Å². The second-order valence-corrected chi connectivity index (χ2v) is 9.51. The molecule has 0 aromatic heterocycles. The number of halogens is 1. The minimum absolute atomic E-state index is 0.169. The van der Waals surface area contributed by atoms with E-state index in [2.05, 4.69) is 0 Å². The number of aliphatic hydroxyl groups is 2. The number of fused-ring (bicyclic) bond motifs is 1. The Kier molecular flexibility index (Phi) is 8.66. The first-order valence-electron chi connectivity index (χ1n) is 12.2. The van der Waals surface area contributed by atoms with Gasteiger partial charge in [0, 0.05) is 12.5 Å². The van der Waals surface area contributed by atoms with Crippen molar-refractivity contribution in [2.24, 2.45) is 17.8 Å². The monoisotopic (exact) mass is 473 g/mol. The number of hydrogen-bond donors (Lipinski definition) is 3. The standard InChI is InChI=1S/C27H36FNO5/c1-4-6-17(13-18-8-9-22(31)21(28)14-18)7-10-23(32)24-16(3)12-19-25(20(24)15-30)27(34)29(11-5-2)26(19)33/h8-9,13-14,19-20,23,25,30-32H,4-7,10-12,15H2,1-3H3/b17-13+/t19-,20+,23-,25-/m1/s1. The number of rotatable bonds is 10. The molecule has 0 saturated carbocycles. The molecule has 1 aromatic carbocycles. The highest BCUT2D eigenvalue weighted by atomic mass is 19.1. The highest BCUT2D eigenvalue weighted by Crippen LogP contribution is 2.46. The van der Waals surface area contributed by atoms with E-state index >= 15 is 0 Å². The van der Waals surface area contributed by atoms with Crippen LogP contribution in [0.3, 0.4) is 0 Å². The molecule has 186 valence electrons. The van der Waals surface area contributed by atoms with Crippen LogP contribution in [-0.4, -0.2) is 51.3 Å². The second kappa shape index (κ2) is 11.3. The quantitative estimate of drug-likeness (QED) is 0.350. The first-order chi connectivity index (χ1) is 16.2. The van der Waals surface area contributed by atoms with Crippen molar-refractivity contribution in [3.8, 4) is 5.75 Å². The number of amides is 2. The van der Waals surface area contributed by atoms with Gasteiger partial charge in [-0.3, -0.25) is 14.5 Å². The lowest BCUT2D eigenvalue weighted by Gasteiger charge is -2.35. The fourth-order valence-electron chi connectivity index (χ4n) is 5.54. The Hall–Kier alpha value is -2.51. The van der Waals surface area contributed by atoms with Crippen molar-refractivity contribution in [3.05, 3.63) is 46.3 Å². The van der Waals surface area contributed by atoms with E-state index in [9.17, 15) is 29.3 Å². The number of likely N-dealkylation sites (tertiary alicyclic amines) is 1. The van der Waals surface area contributed by atoms with Crippen molar-refractivity contribution in [1.29, 1.82) is 0 Å². The van der Waals surface area contributed by atoms with E-state index in [0.717, 1.165) is 24.0 Å². The van der Waals surface area contributed by atoms with Gasteiger partial charge in [-0.25, -0.2) is 4.39 Å². The number of phenolic OH excluding ortho intramolecular Hbond substituents is 1. The lowest BCUT2D eigenvalue weighted by molar-refractivity contribution is -0.140. The lowest BCUT2D eigenvalue weighted by atomic mass is 9.68. The molecule has 1 fully saturated rings. The van der Waals surface area contributed by atoms with Gasteiger partial charge in [-0.1, -0.05) is 43.6 Å². The fourth-order valence-corrected chi connectivity index (χ4v) is 5.54. The Balaban J connectivity index is 1.79. The predicted molar refractivity (Wildman–Crippen MR) is 128 cm³/mol. The third-order valence-electron chi connectivity index (χ3n) is 7.08. The molecule has 2 aliphatic rings. The molecule has 0 unspecified atom stereocenters. The van der Waals surface area contributed by atoms with E-state index in [0.29, 0.717) is 43.4 Å². The zero-order chi connectivity index (χ0) is 25.0. The average molecular weight is 474 g/mol. The zero-order valence-corrected chi connectivity index (χ0v) is 20.3. The van der Waals surface area contributed by atoms with Gasteiger partial charge in [0.05, 0.1) is 24.5 Å². The summed E-state index contributed by atoms with van der Waals surface area (Å²) in [5.74, 6) is -3.14. The maximum atomic E-state index is 13.7. The second-order valence-electron chi connectivity index (χ2n) is 9.51. The van der Waals surface area contributed by atoms with E-state index < -0.39 is 35.4 Å². The Labute approximate surface area is 200 Å². The molecule has 34 heavy (non-hydrogen) atoms. The maximum absolute atomic E-state index is 13.7. The van der Waals surface area contributed by atoms with Crippen LogP contribution in [0.5, 0.6) is 5.75 Å². The van der Waals surface area contributed by atoms with Crippen LogP contribution in [0, 0.1) is 23.6 Å². The number of phenols is 1. The maximum Gasteiger partial charge on any atom is 0.233 e. The molecule has 1 saturated heterocycles. The van der Waals surface area contributed by atoms with Gasteiger partial charge >= 0.3 is 0 Å². The SMILES string of the molecule is CCC/C(=C\c1ccc(O)c(F)c1)CC[C@@H](O)C1=C(C)C[C@H]2C(=O)N(CCC)C(=O)[C@H]2[C@H]1CO. The highest BCUT2D eigenvalue weighted by Gasteiger charge is 2.54. The molecule has 1 aromatic rings. The summed E-state index contributed by atoms with van der Waals surface area (Å²) in [4.78, 5) is 27.2. The van der Waals surface area contributed by atoms with E-state index in [1.807, 2.05) is 26.8 Å². The van der Waals surface area contributed by atoms with E-state index in [-0.39, 0.29) is 18.4 Å². The first-order valence-corrected chi connectivity index (χ1v) is 12.2. The smallest absolute Gasteiger partial charge is 0.233 e. The number of carbonyl (C=O) groups excluding carboxylic acids is 2. The normalized spacial score (nSPS) is 24.1. The molecule has 1 aliphatic carbocycles. The summed E-state index contributed by atoms with van der Waals surface area (Å²) in [7, 11) is 0. The van der Waals surface area contributed by atoms with Crippen molar-refractivity contribution in [1.82, 2.24) is 4.90 Å². The topological polar surface area (TPSA) is 98.1 Å². The number of aromatic hydroxyl groups is 1. The van der Waals surface area contributed by atoms with Gasteiger partial charge in [0.1, 0.15) is 0 Å². The van der Waals surface area contributed by atoms with Gasteiger partial charge in [0.15, 0.2) is 11.6 Å². The van der Waals surface area contributed by atoms with Gasteiger partial charge in [-0.15, -0.1) is 0 Å². The number of aliphatic hydroxyl groups excluding tert-OH is 2. The third kappa shape index (κ3) is 5.26. The van der Waals surface area contributed by atoms with Gasteiger partial charge in [0.25, 0.3) is 0 Å². The third-order valence-corrected chi connectivity index (χ3v) is 7.08. The van der Waals surface area contributed by atoms with Crippen molar-refractivity contribution in [2.75, 3.05) is 13.2 Å². The molecular weight excluding hydrogens is 437 g/mol. The van der Waals surface area contributed by atoms with Crippen LogP contribution in [0.15, 0.2) is 34.9 Å². The number of nitrogens with zero attached hydrogens (tertiary/aromatic N) is 1. The highest BCUT2D eigenvalue weighted by molar-refractivity contribution is 6.05. The van der Waals surface area contributed by atoms with Crippen LogP contribution >= 0.6 is 0 Å². The molecule has 4 atom stereocenters. The van der Waals surface area contributed by atoms with Crippen molar-refractivity contribution in [2.45, 2.75) is 65.4 Å². The molecule has 0 bridgehead atoms. The fraction of sp³-hybridized carbons (Fsp3) is 0.556. The number of benzene rings is 1. The molecule has 0 radical (unpaired) electrons. The number of carbonyl (C=O) groups is 2. The summed E-state index contributed by atoms with van der Waals surface area (Å²) in [6, 6.07) is 4.24.